The first-order valence-corrected chi connectivity index (χ1v) is 8.20. The highest BCUT2D eigenvalue weighted by molar-refractivity contribution is 5.83. The van der Waals surface area contributed by atoms with Crippen LogP contribution >= 0.6 is 0 Å². The van der Waals surface area contributed by atoms with E-state index in [1.807, 2.05) is 14.1 Å². The number of carbonyl (C=O) groups excluding carboxylic acids is 1. The van der Waals surface area contributed by atoms with Crippen LogP contribution in [-0.4, -0.2) is 80.6 Å². The summed E-state index contributed by atoms with van der Waals surface area (Å²) in [7, 11) is 3.67. The molecule has 0 radical (unpaired) electrons. The van der Waals surface area contributed by atoms with Gasteiger partial charge in [-0.3, -0.25) is 9.36 Å². The van der Waals surface area contributed by atoms with E-state index in [1.54, 1.807) is 9.47 Å². The Kier molecular flexibility index (Phi) is 5.05. The van der Waals surface area contributed by atoms with Crippen molar-refractivity contribution in [2.45, 2.75) is 37.4 Å². The number of aromatic nitrogens is 4. The van der Waals surface area contributed by atoms with Crippen molar-refractivity contribution in [2.75, 3.05) is 25.6 Å². The predicted octanol–water partition coefficient (Wildman–Crippen LogP) is -2.03. The van der Waals surface area contributed by atoms with Crippen molar-refractivity contribution in [3.8, 4) is 0 Å². The van der Waals surface area contributed by atoms with Gasteiger partial charge < -0.3 is 30.9 Å². The van der Waals surface area contributed by atoms with E-state index < -0.39 is 36.4 Å². The fourth-order valence-electron chi connectivity index (χ4n) is 2.96. The van der Waals surface area contributed by atoms with Gasteiger partial charge in [-0.1, -0.05) is 0 Å². The molecule has 5 atom stereocenters. The first-order chi connectivity index (χ1) is 12.3. The summed E-state index contributed by atoms with van der Waals surface area (Å²) in [5.41, 5.74) is 6.59. The number of anilines is 1. The number of nitrogens with zero attached hydrogens (tertiary/aromatic N) is 5. The van der Waals surface area contributed by atoms with Crippen LogP contribution in [0.4, 0.5) is 5.82 Å². The highest BCUT2D eigenvalue weighted by Gasteiger charge is 2.46. The Morgan fingerprint density at radius 3 is 2.81 bits per heavy atom. The van der Waals surface area contributed by atoms with Gasteiger partial charge in [-0.15, -0.1) is 0 Å². The summed E-state index contributed by atoms with van der Waals surface area (Å²) >= 11 is 0. The molecule has 2 aromatic heterocycles. The van der Waals surface area contributed by atoms with Gasteiger partial charge in [0.25, 0.3) is 0 Å². The fraction of sp³-hybridized carbons (Fsp3) is 0.600. The van der Waals surface area contributed by atoms with E-state index in [0.29, 0.717) is 17.0 Å². The molecule has 142 valence electrons. The number of nitrogens with two attached hydrogens (primary N) is 1. The molecule has 1 aliphatic rings. The molecule has 0 unspecified atom stereocenters. The first kappa shape index (κ1) is 18.5. The lowest BCUT2D eigenvalue weighted by molar-refractivity contribution is -0.123. The van der Waals surface area contributed by atoms with Crippen molar-refractivity contribution < 1.29 is 19.7 Å². The molecule has 0 spiro atoms. The Morgan fingerprint density at radius 2 is 2.19 bits per heavy atom. The summed E-state index contributed by atoms with van der Waals surface area (Å²) in [6.45, 7) is 1.16. The van der Waals surface area contributed by atoms with E-state index in [0.717, 1.165) is 0 Å². The summed E-state index contributed by atoms with van der Waals surface area (Å²) in [4.78, 5) is 26.4. The minimum Gasteiger partial charge on any atom is -0.394 e. The van der Waals surface area contributed by atoms with Crippen molar-refractivity contribution in [3.05, 3.63) is 12.7 Å². The maximum atomic E-state index is 11.9. The zero-order valence-corrected chi connectivity index (χ0v) is 14.8. The van der Waals surface area contributed by atoms with Crippen LogP contribution in [0.25, 0.3) is 11.2 Å². The van der Waals surface area contributed by atoms with Crippen LogP contribution in [0.15, 0.2) is 12.7 Å². The van der Waals surface area contributed by atoms with Gasteiger partial charge >= 0.3 is 0 Å². The molecular formula is C15H23N7O4. The number of aliphatic hydroxyl groups excluding tert-OH is 2. The van der Waals surface area contributed by atoms with E-state index in [1.165, 1.54) is 19.6 Å². The molecule has 1 saturated heterocycles. The number of hydrogen-bond acceptors (Lipinski definition) is 9. The Bertz CT molecular complexity index is 793. The minimum atomic E-state index is -1.12. The molecule has 1 aliphatic heterocycles. The molecule has 0 saturated carbocycles. The Hall–Kier alpha value is -2.34. The van der Waals surface area contributed by atoms with Crippen molar-refractivity contribution in [3.63, 3.8) is 0 Å². The van der Waals surface area contributed by atoms with Crippen LogP contribution in [0.5, 0.6) is 0 Å². The van der Waals surface area contributed by atoms with Gasteiger partial charge in [-0.05, 0) is 6.92 Å². The highest BCUT2D eigenvalue weighted by Crippen LogP contribution is 2.32. The summed E-state index contributed by atoms with van der Waals surface area (Å²) in [6, 6.07) is -1.55. The van der Waals surface area contributed by atoms with E-state index in [4.69, 9.17) is 10.5 Å². The molecule has 3 rings (SSSR count). The third kappa shape index (κ3) is 3.09. The van der Waals surface area contributed by atoms with Crippen LogP contribution in [0.3, 0.4) is 0 Å². The Morgan fingerprint density at radius 1 is 1.46 bits per heavy atom. The lowest BCUT2D eigenvalue weighted by Gasteiger charge is -2.21. The van der Waals surface area contributed by atoms with Gasteiger partial charge in [0, 0.05) is 14.1 Å². The summed E-state index contributed by atoms with van der Waals surface area (Å²) in [5.74, 6) is 0.186. The van der Waals surface area contributed by atoms with Crippen molar-refractivity contribution in [2.24, 2.45) is 5.73 Å². The average molecular weight is 365 g/mol. The number of fused-ring (bicyclic) bond motifs is 1. The van der Waals surface area contributed by atoms with Crippen LogP contribution < -0.4 is 16.0 Å². The molecule has 0 aromatic carbocycles. The predicted molar refractivity (Wildman–Crippen MR) is 92.2 cm³/mol. The maximum absolute atomic E-state index is 11.9. The van der Waals surface area contributed by atoms with Crippen molar-refractivity contribution in [1.82, 2.24) is 24.8 Å². The van der Waals surface area contributed by atoms with Gasteiger partial charge in [-0.25, -0.2) is 15.0 Å². The normalized spacial score (nSPS) is 26.8. The molecule has 11 heteroatoms. The lowest BCUT2D eigenvalue weighted by Crippen LogP contribution is -2.52. The van der Waals surface area contributed by atoms with Crippen molar-refractivity contribution in [1.29, 1.82) is 0 Å². The van der Waals surface area contributed by atoms with E-state index >= 15 is 0 Å². The third-order valence-electron chi connectivity index (χ3n) is 4.31. The summed E-state index contributed by atoms with van der Waals surface area (Å²) in [5, 5.41) is 22.9. The molecule has 3 heterocycles. The van der Waals surface area contributed by atoms with E-state index in [2.05, 4.69) is 20.3 Å². The topological polar surface area (TPSA) is 152 Å². The second-order valence-corrected chi connectivity index (χ2v) is 6.48. The Labute approximate surface area is 149 Å². The van der Waals surface area contributed by atoms with Gasteiger partial charge in [0.1, 0.15) is 18.5 Å². The van der Waals surface area contributed by atoms with E-state index in [-0.39, 0.29) is 6.61 Å². The fourth-order valence-corrected chi connectivity index (χ4v) is 2.96. The van der Waals surface area contributed by atoms with Gasteiger partial charge in [-0.2, -0.15) is 0 Å². The molecule has 5 N–H and O–H groups in total. The third-order valence-corrected chi connectivity index (χ3v) is 4.31. The van der Waals surface area contributed by atoms with Gasteiger partial charge in [0.2, 0.25) is 5.91 Å². The number of nitrogens with one attached hydrogen (secondary N) is 1. The second-order valence-electron chi connectivity index (χ2n) is 6.48. The number of hydrogen-bond donors (Lipinski definition) is 4. The summed E-state index contributed by atoms with van der Waals surface area (Å²) < 4.78 is 7.33. The zero-order valence-electron chi connectivity index (χ0n) is 14.8. The standard InChI is InChI=1S/C15H23N7O4/c1-7(16)14(25)20-9-8(4-23)26-15(11(9)24)22-6-19-10-12(21(2)3)17-5-18-13(10)22/h5-9,11,15,23-24H,4,16H2,1-3H3,(H,20,25)/t7-,8+,9+,11+,15+/m0/s1. The molecule has 2 aromatic rings. The molecule has 0 aliphatic carbocycles. The Balaban J connectivity index is 1.94. The van der Waals surface area contributed by atoms with Crippen molar-refractivity contribution >= 4 is 22.9 Å². The monoisotopic (exact) mass is 365 g/mol. The number of ether oxygens (including phenoxy) is 1. The quantitative estimate of drug-likeness (QED) is 0.470. The second kappa shape index (κ2) is 7.11. The highest BCUT2D eigenvalue weighted by atomic mass is 16.5. The first-order valence-electron chi connectivity index (χ1n) is 8.20. The number of imidazole rings is 1. The molecule has 0 bridgehead atoms. The van der Waals surface area contributed by atoms with Crippen LogP contribution in [0, 0.1) is 0 Å². The van der Waals surface area contributed by atoms with Crippen LogP contribution in [0.1, 0.15) is 13.2 Å². The number of amides is 1. The smallest absolute Gasteiger partial charge is 0.237 e. The zero-order chi connectivity index (χ0) is 19.0. The molecule has 11 nitrogen and oxygen atoms in total. The van der Waals surface area contributed by atoms with Gasteiger partial charge in [0.15, 0.2) is 23.2 Å². The van der Waals surface area contributed by atoms with Crippen LogP contribution in [0.2, 0.25) is 0 Å². The molecular weight excluding hydrogens is 342 g/mol. The van der Waals surface area contributed by atoms with E-state index in [9.17, 15) is 15.0 Å². The number of carbonyl (C=O) groups is 1. The minimum absolute atomic E-state index is 0.373. The average Bonchev–Trinajstić information content (AvgIpc) is 3.16. The van der Waals surface area contributed by atoms with Gasteiger partial charge in [0.05, 0.1) is 25.0 Å². The molecule has 1 fully saturated rings. The largest absolute Gasteiger partial charge is 0.394 e. The number of aliphatic hydroxyl groups is 2. The maximum Gasteiger partial charge on any atom is 0.237 e. The summed E-state index contributed by atoms with van der Waals surface area (Å²) in [6.07, 6.45) is 0.108. The molecule has 1 amide bonds. The molecule has 26 heavy (non-hydrogen) atoms. The van der Waals surface area contributed by atoms with Crippen LogP contribution in [-0.2, 0) is 9.53 Å². The number of rotatable bonds is 5. The lowest BCUT2D eigenvalue weighted by atomic mass is 10.1. The SMILES string of the molecule is C[C@H](N)C(=O)N[C@H]1[C@@H](O)[C@H](n2cnc3c(N(C)C)ncnc32)O[C@@H]1CO.